The highest BCUT2D eigenvalue weighted by Crippen LogP contribution is 2.09. The molecular formula is C15H23N3O2S. The molecule has 116 valence electrons. The zero-order valence-electron chi connectivity index (χ0n) is 12.6. The molecule has 0 radical (unpaired) electrons. The van der Waals surface area contributed by atoms with E-state index in [1.54, 1.807) is 11.3 Å². The molecule has 0 aliphatic heterocycles. The first-order valence-electron chi connectivity index (χ1n) is 7.19. The van der Waals surface area contributed by atoms with E-state index in [1.807, 2.05) is 35.4 Å². The van der Waals surface area contributed by atoms with Gasteiger partial charge in [-0.15, -0.1) is 11.3 Å². The molecule has 0 fully saturated rings. The lowest BCUT2D eigenvalue weighted by Crippen LogP contribution is -2.30. The van der Waals surface area contributed by atoms with Crippen LogP contribution in [0, 0.1) is 0 Å². The van der Waals surface area contributed by atoms with Crippen LogP contribution < -0.4 is 5.32 Å². The van der Waals surface area contributed by atoms with Crippen LogP contribution in [0.1, 0.15) is 23.1 Å². The Bertz CT molecular complexity index is 525. The molecule has 0 amide bonds. The van der Waals surface area contributed by atoms with Crippen LogP contribution in [0.4, 0.5) is 0 Å². The second kappa shape index (κ2) is 8.29. The number of rotatable bonds is 9. The SMILES string of the molecule is CCc1nn(C)cc1CNCC(O)COCc1cccs1. The molecule has 2 rings (SSSR count). The maximum absolute atomic E-state index is 9.88. The number of aryl methyl sites for hydroxylation is 2. The largest absolute Gasteiger partial charge is 0.389 e. The molecule has 0 saturated heterocycles. The monoisotopic (exact) mass is 309 g/mol. The average molecular weight is 309 g/mol. The zero-order chi connectivity index (χ0) is 15.1. The van der Waals surface area contributed by atoms with E-state index in [4.69, 9.17) is 4.74 Å². The van der Waals surface area contributed by atoms with E-state index in [2.05, 4.69) is 17.3 Å². The van der Waals surface area contributed by atoms with Crippen molar-refractivity contribution < 1.29 is 9.84 Å². The summed E-state index contributed by atoms with van der Waals surface area (Å²) in [5.74, 6) is 0. The highest BCUT2D eigenvalue weighted by Gasteiger charge is 2.08. The summed E-state index contributed by atoms with van der Waals surface area (Å²) >= 11 is 1.66. The number of hydrogen-bond donors (Lipinski definition) is 2. The van der Waals surface area contributed by atoms with Crippen molar-refractivity contribution in [2.24, 2.45) is 7.05 Å². The van der Waals surface area contributed by atoms with Crippen molar-refractivity contribution in [3.63, 3.8) is 0 Å². The second-order valence-electron chi connectivity index (χ2n) is 5.01. The fourth-order valence-electron chi connectivity index (χ4n) is 2.15. The van der Waals surface area contributed by atoms with Gasteiger partial charge in [0.25, 0.3) is 0 Å². The molecule has 0 aromatic carbocycles. The molecule has 5 nitrogen and oxygen atoms in total. The van der Waals surface area contributed by atoms with Crippen molar-refractivity contribution in [2.75, 3.05) is 13.2 Å². The Kier molecular flexibility index (Phi) is 6.38. The molecule has 1 unspecified atom stereocenters. The summed E-state index contributed by atoms with van der Waals surface area (Å²) in [5, 5.41) is 19.6. The van der Waals surface area contributed by atoms with Gasteiger partial charge in [0.15, 0.2) is 0 Å². The minimum Gasteiger partial charge on any atom is -0.389 e. The van der Waals surface area contributed by atoms with Gasteiger partial charge in [0.2, 0.25) is 0 Å². The molecule has 2 N–H and O–H groups in total. The van der Waals surface area contributed by atoms with Gasteiger partial charge in [0.05, 0.1) is 25.0 Å². The van der Waals surface area contributed by atoms with Crippen molar-refractivity contribution in [3.8, 4) is 0 Å². The summed E-state index contributed by atoms with van der Waals surface area (Å²) < 4.78 is 7.33. The Labute approximate surface area is 129 Å². The van der Waals surface area contributed by atoms with Crippen LogP contribution in [0.15, 0.2) is 23.7 Å². The predicted octanol–water partition coefficient (Wildman–Crippen LogP) is 1.71. The Balaban J connectivity index is 1.63. The Hall–Kier alpha value is -1.21. The molecule has 1 atom stereocenters. The molecular weight excluding hydrogens is 286 g/mol. The number of thiophene rings is 1. The van der Waals surface area contributed by atoms with Crippen LogP contribution in [0.3, 0.4) is 0 Å². The van der Waals surface area contributed by atoms with Crippen LogP contribution >= 0.6 is 11.3 Å². The van der Waals surface area contributed by atoms with Gasteiger partial charge < -0.3 is 15.2 Å². The molecule has 21 heavy (non-hydrogen) atoms. The molecule has 6 heteroatoms. The number of nitrogens with zero attached hydrogens (tertiary/aromatic N) is 2. The molecule has 0 bridgehead atoms. The molecule has 0 aliphatic rings. The topological polar surface area (TPSA) is 59.3 Å². The molecule has 0 aliphatic carbocycles. The minimum atomic E-state index is -0.494. The average Bonchev–Trinajstić information content (AvgIpc) is 3.08. The van der Waals surface area contributed by atoms with E-state index in [9.17, 15) is 5.11 Å². The molecule has 2 aromatic rings. The highest BCUT2D eigenvalue weighted by molar-refractivity contribution is 7.09. The van der Waals surface area contributed by atoms with Gasteiger partial charge in [-0.25, -0.2) is 0 Å². The standard InChI is InChI=1S/C15H23N3O2S/c1-3-15-12(9-18(2)17-15)7-16-8-13(19)10-20-11-14-5-4-6-21-14/h4-6,9,13,16,19H,3,7-8,10-11H2,1-2H3. The maximum atomic E-state index is 9.88. The van der Waals surface area contributed by atoms with Gasteiger partial charge in [-0.05, 0) is 17.9 Å². The molecule has 0 spiro atoms. The van der Waals surface area contributed by atoms with Crippen molar-refractivity contribution >= 4 is 11.3 Å². The number of aliphatic hydroxyl groups excluding tert-OH is 1. The maximum Gasteiger partial charge on any atom is 0.0897 e. The van der Waals surface area contributed by atoms with Crippen LogP contribution in [0.2, 0.25) is 0 Å². The van der Waals surface area contributed by atoms with E-state index in [0.29, 0.717) is 19.8 Å². The van der Waals surface area contributed by atoms with Crippen molar-refractivity contribution in [2.45, 2.75) is 32.6 Å². The first kappa shape index (κ1) is 16.2. The normalized spacial score (nSPS) is 12.7. The Morgan fingerprint density at radius 3 is 3.10 bits per heavy atom. The van der Waals surface area contributed by atoms with E-state index >= 15 is 0 Å². The summed E-state index contributed by atoms with van der Waals surface area (Å²) in [5.41, 5.74) is 2.29. The van der Waals surface area contributed by atoms with E-state index < -0.39 is 6.10 Å². The van der Waals surface area contributed by atoms with Gasteiger partial charge in [-0.2, -0.15) is 5.10 Å². The minimum absolute atomic E-state index is 0.346. The third kappa shape index (κ3) is 5.24. The lowest BCUT2D eigenvalue weighted by Gasteiger charge is -2.12. The van der Waals surface area contributed by atoms with Gasteiger partial charge >= 0.3 is 0 Å². The summed E-state index contributed by atoms with van der Waals surface area (Å²) in [6.45, 7) is 4.25. The highest BCUT2D eigenvalue weighted by atomic mass is 32.1. The van der Waals surface area contributed by atoms with Crippen LogP contribution in [0.25, 0.3) is 0 Å². The van der Waals surface area contributed by atoms with Crippen molar-refractivity contribution in [1.82, 2.24) is 15.1 Å². The van der Waals surface area contributed by atoms with Crippen molar-refractivity contribution in [1.29, 1.82) is 0 Å². The number of aromatic nitrogens is 2. The summed E-state index contributed by atoms with van der Waals surface area (Å²) in [7, 11) is 1.93. The number of ether oxygens (including phenoxy) is 1. The zero-order valence-corrected chi connectivity index (χ0v) is 13.4. The van der Waals surface area contributed by atoms with E-state index in [-0.39, 0.29) is 0 Å². The van der Waals surface area contributed by atoms with E-state index in [0.717, 1.165) is 18.7 Å². The molecule has 2 heterocycles. The first-order chi connectivity index (χ1) is 10.2. The third-order valence-corrected chi connectivity index (χ3v) is 4.01. The van der Waals surface area contributed by atoms with Gasteiger partial charge in [0.1, 0.15) is 0 Å². The van der Waals surface area contributed by atoms with Gasteiger partial charge in [-0.1, -0.05) is 13.0 Å². The lowest BCUT2D eigenvalue weighted by molar-refractivity contribution is 0.0297. The number of hydrogen-bond acceptors (Lipinski definition) is 5. The summed E-state index contributed by atoms with van der Waals surface area (Å²) in [4.78, 5) is 1.18. The van der Waals surface area contributed by atoms with Gasteiger partial charge in [-0.3, -0.25) is 4.68 Å². The third-order valence-electron chi connectivity index (χ3n) is 3.16. The second-order valence-corrected chi connectivity index (χ2v) is 6.04. The quantitative estimate of drug-likeness (QED) is 0.740. The van der Waals surface area contributed by atoms with Crippen LogP contribution in [0.5, 0.6) is 0 Å². The number of nitrogens with one attached hydrogen (secondary N) is 1. The Morgan fingerprint density at radius 1 is 1.52 bits per heavy atom. The van der Waals surface area contributed by atoms with Crippen LogP contribution in [-0.2, 0) is 31.4 Å². The number of aliphatic hydroxyl groups is 1. The fraction of sp³-hybridized carbons (Fsp3) is 0.533. The summed E-state index contributed by atoms with van der Waals surface area (Å²) in [6, 6.07) is 4.03. The first-order valence-corrected chi connectivity index (χ1v) is 8.07. The summed E-state index contributed by atoms with van der Waals surface area (Å²) in [6.07, 6.45) is 2.45. The fourth-order valence-corrected chi connectivity index (χ4v) is 2.79. The van der Waals surface area contributed by atoms with Crippen LogP contribution in [-0.4, -0.2) is 34.1 Å². The Morgan fingerprint density at radius 2 is 2.38 bits per heavy atom. The lowest BCUT2D eigenvalue weighted by atomic mass is 10.2. The molecule has 0 saturated carbocycles. The predicted molar refractivity (Wildman–Crippen MR) is 84.3 cm³/mol. The smallest absolute Gasteiger partial charge is 0.0897 e. The van der Waals surface area contributed by atoms with E-state index in [1.165, 1.54) is 10.4 Å². The molecule has 2 aromatic heterocycles. The van der Waals surface area contributed by atoms with Crippen molar-refractivity contribution in [3.05, 3.63) is 39.8 Å². The van der Waals surface area contributed by atoms with Gasteiger partial charge in [0, 0.05) is 36.8 Å².